The molecular weight excluding hydrogens is 530 g/mol. The fourth-order valence-corrected chi connectivity index (χ4v) is 6.66. The van der Waals surface area contributed by atoms with Crippen molar-refractivity contribution in [3.63, 3.8) is 0 Å². The van der Waals surface area contributed by atoms with Crippen LogP contribution in [0.2, 0.25) is 0 Å². The first-order valence-corrected chi connectivity index (χ1v) is 15.2. The highest BCUT2D eigenvalue weighted by molar-refractivity contribution is 7.89. The van der Waals surface area contributed by atoms with Gasteiger partial charge in [-0.2, -0.15) is 9.97 Å². The molecule has 0 bridgehead atoms. The van der Waals surface area contributed by atoms with Gasteiger partial charge in [-0.25, -0.2) is 13.1 Å². The molecule has 1 saturated heterocycles. The van der Waals surface area contributed by atoms with Crippen molar-refractivity contribution in [2.75, 3.05) is 54.2 Å². The minimum absolute atomic E-state index is 0.00239. The maximum Gasteiger partial charge on any atom is 0.242 e. The van der Waals surface area contributed by atoms with E-state index in [1.807, 2.05) is 30.3 Å². The van der Waals surface area contributed by atoms with Crippen molar-refractivity contribution < 1.29 is 17.9 Å². The van der Waals surface area contributed by atoms with E-state index in [2.05, 4.69) is 32.5 Å². The second kappa shape index (κ2) is 11.2. The molecule has 3 heterocycles. The molecular formula is C28H35N7O4S. The zero-order chi connectivity index (χ0) is 27.7. The number of nitrogens with one attached hydrogen (secondary N) is 4. The molecule has 11 nitrogen and oxygen atoms in total. The normalized spacial score (nSPS) is 20.9. The summed E-state index contributed by atoms with van der Waals surface area (Å²) in [5.41, 5.74) is 3.33. The number of hydrogen-bond donors (Lipinski definition) is 4. The molecule has 6 rings (SSSR count). The molecule has 1 aliphatic carbocycles. The Labute approximate surface area is 234 Å². The van der Waals surface area contributed by atoms with Crippen LogP contribution in [0.3, 0.4) is 0 Å². The number of fused-ring (bicyclic) bond motifs is 1. The summed E-state index contributed by atoms with van der Waals surface area (Å²) in [6.45, 7) is 4.90. The molecule has 0 spiro atoms. The highest BCUT2D eigenvalue weighted by Crippen LogP contribution is 2.38. The Morgan fingerprint density at radius 3 is 2.62 bits per heavy atom. The lowest BCUT2D eigenvalue weighted by Gasteiger charge is -2.33. The summed E-state index contributed by atoms with van der Waals surface area (Å²) in [5, 5.41) is 9.99. The van der Waals surface area contributed by atoms with Crippen LogP contribution in [0.25, 0.3) is 0 Å². The van der Waals surface area contributed by atoms with Gasteiger partial charge in [0.05, 0.1) is 18.8 Å². The summed E-state index contributed by atoms with van der Waals surface area (Å²) >= 11 is 0. The van der Waals surface area contributed by atoms with Gasteiger partial charge in [0.15, 0.2) is 6.29 Å². The third-order valence-electron chi connectivity index (χ3n) is 7.66. The van der Waals surface area contributed by atoms with Gasteiger partial charge in [-0.3, -0.25) is 0 Å². The lowest BCUT2D eigenvalue weighted by molar-refractivity contribution is -0.128. The molecule has 0 radical (unpaired) electrons. The van der Waals surface area contributed by atoms with Crippen LogP contribution in [-0.4, -0.2) is 64.1 Å². The molecule has 1 saturated carbocycles. The highest BCUT2D eigenvalue weighted by atomic mass is 32.2. The van der Waals surface area contributed by atoms with E-state index in [1.54, 1.807) is 25.3 Å². The zero-order valence-electron chi connectivity index (χ0n) is 22.7. The van der Waals surface area contributed by atoms with Gasteiger partial charge in [-0.1, -0.05) is 25.5 Å². The Balaban J connectivity index is 1.25. The highest BCUT2D eigenvalue weighted by Gasteiger charge is 2.29. The van der Waals surface area contributed by atoms with Gasteiger partial charge in [0.1, 0.15) is 16.5 Å². The standard InChI is InChI=1S/C28H35N7O4S/c1-18-16-29-26-25(18)27(31-22-8-3-4-9-23(22)40(36,37)34-20-6-5-7-20)33-28(32-26)30-19-10-12-21(13-11-19)35-14-15-39-24(17-35)38-2/h3-4,8-13,18,20,24,34H,5-7,14-17H2,1-2H3,(H3,29,30,31,32,33). The minimum Gasteiger partial charge on any atom is -0.369 e. The summed E-state index contributed by atoms with van der Waals surface area (Å²) < 4.78 is 40.2. The van der Waals surface area contributed by atoms with Crippen molar-refractivity contribution in [3.8, 4) is 0 Å². The van der Waals surface area contributed by atoms with E-state index in [1.165, 1.54) is 0 Å². The van der Waals surface area contributed by atoms with Crippen molar-refractivity contribution in [1.82, 2.24) is 14.7 Å². The number of rotatable bonds is 9. The van der Waals surface area contributed by atoms with Gasteiger partial charge in [0.2, 0.25) is 16.0 Å². The second-order valence-electron chi connectivity index (χ2n) is 10.5. The van der Waals surface area contributed by atoms with E-state index >= 15 is 0 Å². The van der Waals surface area contributed by atoms with E-state index < -0.39 is 10.0 Å². The molecule has 2 atom stereocenters. The molecule has 3 aromatic rings. The number of ether oxygens (including phenoxy) is 2. The number of morpholine rings is 1. The monoisotopic (exact) mass is 565 g/mol. The average molecular weight is 566 g/mol. The number of methoxy groups -OCH3 is 1. The van der Waals surface area contributed by atoms with Crippen LogP contribution in [0.1, 0.15) is 37.7 Å². The molecule has 12 heteroatoms. The summed E-state index contributed by atoms with van der Waals surface area (Å²) in [5.74, 6) is 1.88. The van der Waals surface area contributed by atoms with Gasteiger partial charge in [-0.05, 0) is 49.2 Å². The van der Waals surface area contributed by atoms with Crippen LogP contribution >= 0.6 is 0 Å². The van der Waals surface area contributed by atoms with Gasteiger partial charge in [-0.15, -0.1) is 0 Å². The molecule has 0 amide bonds. The number of para-hydroxylation sites is 1. The number of benzene rings is 2. The van der Waals surface area contributed by atoms with Crippen LogP contribution in [0.4, 0.5) is 34.6 Å². The molecule has 2 fully saturated rings. The molecule has 2 aliphatic heterocycles. The van der Waals surface area contributed by atoms with Crippen LogP contribution in [-0.2, 0) is 19.5 Å². The maximum absolute atomic E-state index is 13.2. The Morgan fingerprint density at radius 2 is 1.88 bits per heavy atom. The van der Waals surface area contributed by atoms with Crippen molar-refractivity contribution in [2.45, 2.75) is 49.3 Å². The predicted molar refractivity (Wildman–Crippen MR) is 155 cm³/mol. The lowest BCUT2D eigenvalue weighted by Crippen LogP contribution is -2.43. The smallest absolute Gasteiger partial charge is 0.242 e. The first kappa shape index (κ1) is 26.8. The Hall–Kier alpha value is -3.45. The average Bonchev–Trinajstić information content (AvgIpc) is 3.32. The lowest BCUT2D eigenvalue weighted by atomic mass is 9.94. The first-order chi connectivity index (χ1) is 19.4. The van der Waals surface area contributed by atoms with E-state index in [9.17, 15) is 8.42 Å². The Bertz CT molecular complexity index is 1460. The second-order valence-corrected chi connectivity index (χ2v) is 12.1. The third kappa shape index (κ3) is 5.57. The Kier molecular flexibility index (Phi) is 7.49. The summed E-state index contributed by atoms with van der Waals surface area (Å²) in [6, 6.07) is 15.0. The van der Waals surface area contributed by atoms with E-state index in [-0.39, 0.29) is 23.1 Å². The van der Waals surface area contributed by atoms with Gasteiger partial charge in [0, 0.05) is 49.1 Å². The first-order valence-electron chi connectivity index (χ1n) is 13.7. The summed E-state index contributed by atoms with van der Waals surface area (Å²) in [6.07, 6.45) is 2.55. The largest absolute Gasteiger partial charge is 0.369 e. The minimum atomic E-state index is -3.68. The number of sulfonamides is 1. The van der Waals surface area contributed by atoms with Crippen molar-refractivity contribution >= 4 is 44.7 Å². The molecule has 4 N–H and O–H groups in total. The molecule has 2 aromatic carbocycles. The van der Waals surface area contributed by atoms with E-state index in [4.69, 9.17) is 19.4 Å². The van der Waals surface area contributed by atoms with Gasteiger partial charge in [0.25, 0.3) is 0 Å². The topological polar surface area (TPSA) is 130 Å². The number of anilines is 6. The number of hydrogen-bond acceptors (Lipinski definition) is 10. The van der Waals surface area contributed by atoms with Crippen LogP contribution in [0.15, 0.2) is 53.4 Å². The number of aromatic nitrogens is 2. The quantitative estimate of drug-likeness (QED) is 0.300. The van der Waals surface area contributed by atoms with Crippen molar-refractivity contribution in [1.29, 1.82) is 0 Å². The molecule has 2 unspecified atom stereocenters. The molecule has 1 aromatic heterocycles. The van der Waals surface area contributed by atoms with Gasteiger partial charge < -0.3 is 30.3 Å². The maximum atomic E-state index is 13.2. The molecule has 40 heavy (non-hydrogen) atoms. The number of nitrogens with zero attached hydrogens (tertiary/aromatic N) is 3. The zero-order valence-corrected chi connectivity index (χ0v) is 23.5. The SMILES string of the molecule is COC1CN(c2ccc(Nc3nc4c(c(Nc5ccccc5S(=O)(=O)NC5CCC5)n3)C(C)CN4)cc2)CCO1. The van der Waals surface area contributed by atoms with E-state index in [0.29, 0.717) is 30.6 Å². The Morgan fingerprint density at radius 1 is 1.07 bits per heavy atom. The van der Waals surface area contributed by atoms with Crippen LogP contribution in [0.5, 0.6) is 0 Å². The summed E-state index contributed by atoms with van der Waals surface area (Å²) in [4.78, 5) is 11.9. The fourth-order valence-electron chi connectivity index (χ4n) is 5.19. The van der Waals surface area contributed by atoms with Crippen LogP contribution < -0.4 is 25.6 Å². The van der Waals surface area contributed by atoms with E-state index in [0.717, 1.165) is 55.1 Å². The van der Waals surface area contributed by atoms with Crippen molar-refractivity contribution in [2.24, 2.45) is 0 Å². The predicted octanol–water partition coefficient (Wildman–Crippen LogP) is 4.13. The van der Waals surface area contributed by atoms with Gasteiger partial charge >= 0.3 is 0 Å². The van der Waals surface area contributed by atoms with Crippen LogP contribution in [0, 0.1) is 0 Å². The van der Waals surface area contributed by atoms with Crippen molar-refractivity contribution in [3.05, 3.63) is 54.1 Å². The fraction of sp³-hybridized carbons (Fsp3) is 0.429. The third-order valence-corrected chi connectivity index (χ3v) is 9.24. The summed E-state index contributed by atoms with van der Waals surface area (Å²) in [7, 11) is -2.03. The molecule has 212 valence electrons. The molecule has 3 aliphatic rings.